The lowest BCUT2D eigenvalue weighted by Crippen LogP contribution is -2.35. The number of aryl methyl sites for hydroxylation is 1. The van der Waals surface area contributed by atoms with Gasteiger partial charge in [0.15, 0.2) is 0 Å². The lowest BCUT2D eigenvalue weighted by Gasteiger charge is -2.22. The molecule has 1 fully saturated rings. The van der Waals surface area contributed by atoms with Crippen LogP contribution in [0.15, 0.2) is 39.8 Å². The fraction of sp³-hybridized carbons (Fsp3) is 0.478. The summed E-state index contributed by atoms with van der Waals surface area (Å²) in [7, 11) is -1.02. The standard InChI is InChI=1S/C23H30N6O2S.H2O.3H2/c1-15(2)32(30)19-8-6-18(7-9-19)20-13-26-16(3)22(27-20)23-29-28-21(31-23)14-25-12-17-5-4-10-24-11-17;;;;/h6-9,13,15,17,24-25H,4-5,10-12,14H2,1-3H3;1H2;3*1H. The lowest BCUT2D eigenvalue weighted by molar-refractivity contribution is 0.352. The van der Waals surface area contributed by atoms with E-state index in [4.69, 9.17) is 9.40 Å². The molecule has 1 saturated heterocycles. The van der Waals surface area contributed by atoms with E-state index in [1.165, 1.54) is 12.8 Å². The number of benzene rings is 1. The highest BCUT2D eigenvalue weighted by molar-refractivity contribution is 7.85. The Morgan fingerprint density at radius 1 is 1.27 bits per heavy atom. The predicted octanol–water partition coefficient (Wildman–Crippen LogP) is 3.02. The van der Waals surface area contributed by atoms with Crippen molar-refractivity contribution >= 4 is 10.8 Å². The zero-order valence-electron chi connectivity index (χ0n) is 19.3. The molecule has 3 aromatic rings. The third-order valence-electron chi connectivity index (χ3n) is 5.54. The average Bonchev–Trinajstić information content (AvgIpc) is 3.28. The summed E-state index contributed by atoms with van der Waals surface area (Å²) in [6, 6.07) is 7.60. The highest BCUT2D eigenvalue weighted by Crippen LogP contribution is 2.24. The normalized spacial score (nSPS) is 17.0. The Morgan fingerprint density at radius 3 is 2.76 bits per heavy atom. The molecule has 1 aliphatic rings. The van der Waals surface area contributed by atoms with Crippen LogP contribution >= 0.6 is 0 Å². The largest absolute Gasteiger partial charge is 0.418 e. The molecule has 0 bridgehead atoms. The van der Waals surface area contributed by atoms with Crippen LogP contribution in [0, 0.1) is 12.8 Å². The Morgan fingerprint density at radius 2 is 2.06 bits per heavy atom. The fourth-order valence-corrected chi connectivity index (χ4v) is 4.67. The van der Waals surface area contributed by atoms with E-state index in [0.29, 0.717) is 35.6 Å². The number of piperidine rings is 1. The zero-order chi connectivity index (χ0) is 22.5. The van der Waals surface area contributed by atoms with Gasteiger partial charge in [0.05, 0.1) is 34.9 Å². The first-order valence-corrected chi connectivity index (χ1v) is 12.3. The molecular weight excluding hydrogens is 440 g/mol. The summed E-state index contributed by atoms with van der Waals surface area (Å²) in [6.07, 6.45) is 4.19. The van der Waals surface area contributed by atoms with E-state index in [9.17, 15) is 4.21 Å². The van der Waals surface area contributed by atoms with Crippen molar-refractivity contribution in [3.05, 3.63) is 42.0 Å². The van der Waals surface area contributed by atoms with E-state index in [1.807, 2.05) is 45.0 Å². The Kier molecular flexibility index (Phi) is 8.79. The zero-order valence-corrected chi connectivity index (χ0v) is 20.1. The number of nitrogens with one attached hydrogen (secondary N) is 2. The van der Waals surface area contributed by atoms with Crippen molar-refractivity contribution in [1.29, 1.82) is 0 Å². The van der Waals surface area contributed by atoms with Crippen molar-refractivity contribution in [2.24, 2.45) is 5.92 Å². The molecule has 4 N–H and O–H groups in total. The summed E-state index contributed by atoms with van der Waals surface area (Å²) in [5.41, 5.74) is 2.90. The van der Waals surface area contributed by atoms with Crippen molar-refractivity contribution in [3.63, 3.8) is 0 Å². The number of hydrogen-bond acceptors (Lipinski definition) is 8. The first-order chi connectivity index (χ1) is 15.5. The maximum atomic E-state index is 12.3. The molecule has 1 aliphatic heterocycles. The Hall–Kier alpha value is -2.53. The van der Waals surface area contributed by atoms with E-state index in [1.54, 1.807) is 6.20 Å². The summed E-state index contributed by atoms with van der Waals surface area (Å²) < 4.78 is 18.2. The summed E-state index contributed by atoms with van der Waals surface area (Å²) in [5, 5.41) is 15.3. The van der Waals surface area contributed by atoms with Gasteiger partial charge in [0, 0.05) is 20.0 Å². The first kappa shape index (κ1) is 25.1. The molecule has 0 spiro atoms. The Labute approximate surface area is 201 Å². The highest BCUT2D eigenvalue weighted by atomic mass is 32.2. The van der Waals surface area contributed by atoms with Crippen LogP contribution in [-0.4, -0.2) is 54.7 Å². The van der Waals surface area contributed by atoms with Gasteiger partial charge < -0.3 is 20.5 Å². The van der Waals surface area contributed by atoms with Crippen molar-refractivity contribution in [1.82, 2.24) is 30.8 Å². The second-order valence-corrected chi connectivity index (χ2v) is 10.4. The summed E-state index contributed by atoms with van der Waals surface area (Å²) in [6.45, 7) is 9.40. The van der Waals surface area contributed by atoms with Gasteiger partial charge in [-0.2, -0.15) is 0 Å². The van der Waals surface area contributed by atoms with Gasteiger partial charge in [0.2, 0.25) is 5.89 Å². The van der Waals surface area contributed by atoms with E-state index in [0.717, 1.165) is 35.8 Å². The van der Waals surface area contributed by atoms with Crippen molar-refractivity contribution in [3.8, 4) is 22.8 Å². The maximum Gasteiger partial charge on any atom is 0.268 e. The van der Waals surface area contributed by atoms with Crippen LogP contribution in [-0.2, 0) is 17.3 Å². The molecule has 0 saturated carbocycles. The average molecular weight is 479 g/mol. The van der Waals surface area contributed by atoms with E-state index in [-0.39, 0.29) is 15.0 Å². The maximum absolute atomic E-state index is 12.3. The monoisotopic (exact) mass is 478 g/mol. The van der Waals surface area contributed by atoms with Crippen LogP contribution in [0.4, 0.5) is 0 Å². The lowest BCUT2D eigenvalue weighted by atomic mass is 10.00. The van der Waals surface area contributed by atoms with Gasteiger partial charge >= 0.3 is 0 Å². The molecule has 0 radical (unpaired) electrons. The molecule has 33 heavy (non-hydrogen) atoms. The molecule has 9 nitrogen and oxygen atoms in total. The minimum Gasteiger partial charge on any atom is -0.418 e. The minimum atomic E-state index is -1.02. The number of nitrogens with zero attached hydrogens (tertiary/aromatic N) is 4. The third kappa shape index (κ3) is 6.29. The molecule has 184 valence electrons. The molecule has 3 heterocycles. The molecule has 2 aromatic heterocycles. The van der Waals surface area contributed by atoms with Crippen LogP contribution in [0.1, 0.15) is 42.6 Å². The van der Waals surface area contributed by atoms with Crippen LogP contribution in [0.3, 0.4) is 0 Å². The van der Waals surface area contributed by atoms with Crippen molar-refractivity contribution in [2.75, 3.05) is 19.6 Å². The molecule has 4 rings (SSSR count). The predicted molar refractivity (Wildman–Crippen MR) is 134 cm³/mol. The van der Waals surface area contributed by atoms with Crippen molar-refractivity contribution < 1.29 is 18.4 Å². The molecule has 0 aliphatic carbocycles. The van der Waals surface area contributed by atoms with E-state index < -0.39 is 10.8 Å². The number of aromatic nitrogens is 4. The summed E-state index contributed by atoms with van der Waals surface area (Å²) in [4.78, 5) is 10.0. The van der Waals surface area contributed by atoms with E-state index in [2.05, 4.69) is 25.8 Å². The SMILES string of the molecule is Cc1ncc(-c2ccc(S(=O)C(C)C)cc2)nc1-c1nnc(CNCC2CCCNC2)o1.O.[HH].[HH].[HH]. The molecule has 2 unspecified atom stereocenters. The van der Waals surface area contributed by atoms with E-state index >= 15 is 0 Å². The second-order valence-electron chi connectivity index (χ2n) is 8.40. The van der Waals surface area contributed by atoms with Gasteiger partial charge in [-0.3, -0.25) is 9.19 Å². The van der Waals surface area contributed by atoms with Gasteiger partial charge in [0.1, 0.15) is 5.69 Å². The van der Waals surface area contributed by atoms with Crippen molar-refractivity contribution in [2.45, 2.75) is 50.3 Å². The molecular formula is C23H38N6O3S. The van der Waals surface area contributed by atoms with Gasteiger partial charge in [0.25, 0.3) is 5.89 Å². The van der Waals surface area contributed by atoms with Crippen LogP contribution in [0.5, 0.6) is 0 Å². The molecule has 1 aromatic carbocycles. The Balaban J connectivity index is 0.00000306. The second kappa shape index (κ2) is 11.6. The topological polar surface area (TPSA) is 137 Å². The molecule has 2 atom stereocenters. The minimum absolute atomic E-state index is 0. The Bertz CT molecular complexity index is 1080. The van der Waals surface area contributed by atoms with Gasteiger partial charge in [-0.1, -0.05) is 26.0 Å². The quantitative estimate of drug-likeness (QED) is 0.504. The summed E-state index contributed by atoms with van der Waals surface area (Å²) in [5.74, 6) is 1.54. The highest BCUT2D eigenvalue weighted by Gasteiger charge is 2.17. The molecule has 10 heteroatoms. The number of rotatable bonds is 8. The number of hydrogen-bond donors (Lipinski definition) is 2. The smallest absolute Gasteiger partial charge is 0.268 e. The van der Waals surface area contributed by atoms with Crippen LogP contribution in [0.2, 0.25) is 0 Å². The van der Waals surface area contributed by atoms with Gasteiger partial charge in [-0.15, -0.1) is 10.2 Å². The van der Waals surface area contributed by atoms with Gasteiger partial charge in [-0.25, -0.2) is 4.98 Å². The van der Waals surface area contributed by atoms with Gasteiger partial charge in [-0.05, 0) is 57.5 Å². The first-order valence-electron chi connectivity index (χ1n) is 11.1. The summed E-state index contributed by atoms with van der Waals surface area (Å²) >= 11 is 0. The van der Waals surface area contributed by atoms with Crippen LogP contribution in [0.25, 0.3) is 22.8 Å². The third-order valence-corrected chi connectivity index (χ3v) is 7.14. The molecule has 0 amide bonds. The fourth-order valence-electron chi connectivity index (χ4n) is 3.73. The van der Waals surface area contributed by atoms with Crippen LogP contribution < -0.4 is 10.6 Å².